The minimum Gasteiger partial charge on any atom is -0.335 e. The minimum atomic E-state index is -5.04. The molecule has 0 radical (unpaired) electrons. The molecule has 2 aromatic rings. The maximum absolute atomic E-state index is 13.7. The zero-order chi connectivity index (χ0) is 29.0. The van der Waals surface area contributed by atoms with Crippen LogP contribution in [0.4, 0.5) is 26.3 Å². The first kappa shape index (κ1) is 31.9. The molecular weight excluding hydrogens is 605 g/mol. The second-order valence-electron chi connectivity index (χ2n) is 7.96. The quantitative estimate of drug-likeness (QED) is 0.198. The molecule has 2 amide bonds. The van der Waals surface area contributed by atoms with Gasteiger partial charge in [0.15, 0.2) is 0 Å². The van der Waals surface area contributed by atoms with Gasteiger partial charge in [-0.3, -0.25) is 13.8 Å². The molecular formula is C23H19Cl3F6N2O3S. The molecule has 0 saturated carbocycles. The SMILES string of the molecule is C[C@H](NC(=O)CS(C)=O)NC(=O)c1ccc(/C=C/C(c2cc(Cl)c(Cl)c(Cl)c2)C(F)(F)F)cc1C(F)(F)F. The number of amides is 2. The van der Waals surface area contributed by atoms with Crippen LogP contribution >= 0.6 is 34.8 Å². The first-order chi connectivity index (χ1) is 17.4. The Hall–Kier alpha value is -2.28. The summed E-state index contributed by atoms with van der Waals surface area (Å²) in [6.07, 6.45) is -8.29. The second kappa shape index (κ2) is 12.7. The van der Waals surface area contributed by atoms with Crippen molar-refractivity contribution in [2.24, 2.45) is 0 Å². The summed E-state index contributed by atoms with van der Waals surface area (Å²) in [6, 6.07) is 4.24. The average Bonchev–Trinajstić information content (AvgIpc) is 2.75. The van der Waals surface area contributed by atoms with Gasteiger partial charge in [0.2, 0.25) is 5.91 Å². The van der Waals surface area contributed by atoms with Gasteiger partial charge in [0.25, 0.3) is 5.91 Å². The summed E-state index contributed by atoms with van der Waals surface area (Å²) in [5.41, 5.74) is -2.89. The van der Waals surface area contributed by atoms with Crippen LogP contribution in [0.15, 0.2) is 36.4 Å². The van der Waals surface area contributed by atoms with Crippen LogP contribution in [0.25, 0.3) is 6.08 Å². The Morgan fingerprint density at radius 3 is 2.08 bits per heavy atom. The van der Waals surface area contributed by atoms with E-state index in [-0.39, 0.29) is 31.9 Å². The molecule has 2 aromatic carbocycles. The van der Waals surface area contributed by atoms with Gasteiger partial charge >= 0.3 is 12.4 Å². The Balaban J connectivity index is 2.38. The summed E-state index contributed by atoms with van der Waals surface area (Å²) in [4.78, 5) is 24.1. The molecule has 0 aromatic heterocycles. The lowest BCUT2D eigenvalue weighted by atomic mass is 9.96. The molecule has 0 aliphatic rings. The van der Waals surface area contributed by atoms with Gasteiger partial charge in [-0.05, 0) is 42.3 Å². The second-order valence-corrected chi connectivity index (χ2v) is 10.6. The van der Waals surface area contributed by atoms with Crippen LogP contribution in [0.5, 0.6) is 0 Å². The van der Waals surface area contributed by atoms with Crippen molar-refractivity contribution < 1.29 is 40.1 Å². The van der Waals surface area contributed by atoms with Crippen molar-refractivity contribution in [3.05, 3.63) is 73.7 Å². The molecule has 0 bridgehead atoms. The maximum atomic E-state index is 13.7. The fourth-order valence-corrected chi connectivity index (χ4v) is 4.31. The van der Waals surface area contributed by atoms with Gasteiger partial charge in [-0.1, -0.05) is 53.0 Å². The molecule has 5 nitrogen and oxygen atoms in total. The number of benzene rings is 2. The Kier molecular flexibility index (Phi) is 10.7. The molecule has 0 fully saturated rings. The fourth-order valence-electron chi connectivity index (χ4n) is 3.25. The normalized spacial score (nSPS) is 14.7. The van der Waals surface area contributed by atoms with E-state index in [1.54, 1.807) is 0 Å². The number of hydrogen-bond donors (Lipinski definition) is 2. The van der Waals surface area contributed by atoms with E-state index in [0.29, 0.717) is 12.1 Å². The number of nitrogens with one attached hydrogen (secondary N) is 2. The number of carbonyl (C=O) groups excluding carboxylic acids is 2. The Bertz CT molecular complexity index is 1240. The van der Waals surface area contributed by atoms with E-state index in [1.807, 2.05) is 0 Å². The third-order valence-electron chi connectivity index (χ3n) is 4.85. The van der Waals surface area contributed by atoms with E-state index >= 15 is 0 Å². The molecule has 208 valence electrons. The van der Waals surface area contributed by atoms with Crippen LogP contribution in [0.1, 0.15) is 39.9 Å². The predicted molar refractivity (Wildman–Crippen MR) is 135 cm³/mol. The van der Waals surface area contributed by atoms with E-state index in [4.69, 9.17) is 34.8 Å². The van der Waals surface area contributed by atoms with Crippen molar-refractivity contribution in [2.45, 2.75) is 31.4 Å². The van der Waals surface area contributed by atoms with Crippen molar-refractivity contribution in [2.75, 3.05) is 12.0 Å². The largest absolute Gasteiger partial charge is 0.417 e. The van der Waals surface area contributed by atoms with Gasteiger partial charge in [-0.15, -0.1) is 0 Å². The first-order valence-corrected chi connectivity index (χ1v) is 13.3. The van der Waals surface area contributed by atoms with E-state index in [2.05, 4.69) is 10.6 Å². The van der Waals surface area contributed by atoms with E-state index in [1.165, 1.54) is 13.2 Å². The summed E-state index contributed by atoms with van der Waals surface area (Å²) < 4.78 is 93.5. The first-order valence-electron chi connectivity index (χ1n) is 10.4. The lowest BCUT2D eigenvalue weighted by molar-refractivity contribution is -0.139. The van der Waals surface area contributed by atoms with Crippen LogP contribution in [0, 0.1) is 0 Å². The highest BCUT2D eigenvalue weighted by Gasteiger charge is 2.40. The lowest BCUT2D eigenvalue weighted by Crippen LogP contribution is -2.47. The number of carbonyl (C=O) groups is 2. The van der Waals surface area contributed by atoms with Crippen molar-refractivity contribution in [3.8, 4) is 0 Å². The van der Waals surface area contributed by atoms with Gasteiger partial charge in [0.05, 0.1) is 38.3 Å². The molecule has 0 aliphatic carbocycles. The van der Waals surface area contributed by atoms with Crippen LogP contribution in [-0.2, 0) is 21.8 Å². The van der Waals surface area contributed by atoms with Gasteiger partial charge in [-0.2, -0.15) is 26.3 Å². The van der Waals surface area contributed by atoms with Gasteiger partial charge in [-0.25, -0.2) is 0 Å². The molecule has 0 saturated heterocycles. The average molecular weight is 624 g/mol. The van der Waals surface area contributed by atoms with Crippen LogP contribution in [0.2, 0.25) is 15.1 Å². The summed E-state index contributed by atoms with van der Waals surface area (Å²) in [7, 11) is -1.48. The number of hydrogen-bond acceptors (Lipinski definition) is 3. The van der Waals surface area contributed by atoms with Crippen molar-refractivity contribution >= 4 is 63.5 Å². The Morgan fingerprint density at radius 1 is 1.00 bits per heavy atom. The minimum absolute atomic E-state index is 0.153. The van der Waals surface area contributed by atoms with E-state index < -0.39 is 58.2 Å². The summed E-state index contributed by atoms with van der Waals surface area (Å²) in [5, 5.41) is 3.81. The topological polar surface area (TPSA) is 75.3 Å². The number of halogens is 9. The zero-order valence-electron chi connectivity index (χ0n) is 19.4. The van der Waals surface area contributed by atoms with Crippen molar-refractivity contribution in [1.82, 2.24) is 10.6 Å². The van der Waals surface area contributed by atoms with Crippen molar-refractivity contribution in [3.63, 3.8) is 0 Å². The smallest absolute Gasteiger partial charge is 0.335 e. The molecule has 0 aliphatic heterocycles. The highest BCUT2D eigenvalue weighted by Crippen LogP contribution is 2.41. The zero-order valence-corrected chi connectivity index (χ0v) is 22.5. The molecule has 2 N–H and O–H groups in total. The molecule has 3 atom stereocenters. The Morgan fingerprint density at radius 2 is 1.58 bits per heavy atom. The van der Waals surface area contributed by atoms with Crippen molar-refractivity contribution in [1.29, 1.82) is 0 Å². The summed E-state index contributed by atoms with van der Waals surface area (Å²) >= 11 is 17.4. The molecule has 38 heavy (non-hydrogen) atoms. The standard InChI is InChI=1S/C23H19Cl3F6N2O3S/c1-11(33-19(35)10-38(2)37)34-21(36)14-5-3-12(7-16(14)23(30,31)32)4-6-15(22(27,28)29)13-8-17(24)20(26)18(25)9-13/h3-9,11,15H,10H2,1-2H3,(H,33,35)(H,34,36)/b6-4+/t11-,15?,38?/m1/s1. The van der Waals surface area contributed by atoms with Crippen LogP contribution in [-0.4, -0.2) is 40.4 Å². The lowest BCUT2D eigenvalue weighted by Gasteiger charge is -2.19. The molecule has 0 spiro atoms. The Labute approximate surface area is 231 Å². The maximum Gasteiger partial charge on any atom is 0.417 e. The fraction of sp³-hybridized carbons (Fsp3) is 0.304. The third-order valence-corrected chi connectivity index (χ3v) is 6.72. The molecule has 15 heteroatoms. The highest BCUT2D eigenvalue weighted by molar-refractivity contribution is 7.85. The van der Waals surface area contributed by atoms with Gasteiger partial charge in [0.1, 0.15) is 5.75 Å². The molecule has 2 rings (SSSR count). The predicted octanol–water partition coefficient (Wildman–Crippen LogP) is 6.60. The summed E-state index contributed by atoms with van der Waals surface area (Å²) in [5.74, 6) is -4.55. The molecule has 0 heterocycles. The summed E-state index contributed by atoms with van der Waals surface area (Å²) in [6.45, 7) is 1.28. The highest BCUT2D eigenvalue weighted by atomic mass is 35.5. The van der Waals surface area contributed by atoms with Crippen LogP contribution in [0.3, 0.4) is 0 Å². The number of allylic oxidation sites excluding steroid dienone is 1. The third kappa shape index (κ3) is 8.89. The van der Waals surface area contributed by atoms with Gasteiger partial charge < -0.3 is 10.6 Å². The number of alkyl halides is 6. The molecule has 2 unspecified atom stereocenters. The van der Waals surface area contributed by atoms with Gasteiger partial charge in [0, 0.05) is 17.1 Å². The van der Waals surface area contributed by atoms with Crippen LogP contribution < -0.4 is 10.6 Å². The monoisotopic (exact) mass is 622 g/mol. The van der Waals surface area contributed by atoms with E-state index in [0.717, 1.165) is 30.3 Å². The number of rotatable bonds is 8. The van der Waals surface area contributed by atoms with E-state index in [9.17, 15) is 40.1 Å².